The number of halogens is 2. The minimum Gasteiger partial charge on any atom is -0.484 e. The van der Waals surface area contributed by atoms with E-state index >= 15 is 0 Å². The van der Waals surface area contributed by atoms with Crippen LogP contribution in [-0.4, -0.2) is 10.2 Å². The first kappa shape index (κ1) is 18.2. The van der Waals surface area contributed by atoms with Crippen LogP contribution in [0.3, 0.4) is 0 Å². The fraction of sp³-hybridized carbons (Fsp3) is 0.100. The van der Waals surface area contributed by atoms with E-state index in [1.807, 2.05) is 42.5 Å². The van der Waals surface area contributed by atoms with Crippen molar-refractivity contribution in [3.05, 3.63) is 82.2 Å². The van der Waals surface area contributed by atoms with Crippen LogP contribution in [0.15, 0.2) is 70.3 Å². The van der Waals surface area contributed by atoms with E-state index in [9.17, 15) is 0 Å². The SMILES string of the molecule is Clc1ccc(CSc2nnc(COc3ccc4ccccc4c3)o2)c(Cl)c1. The highest BCUT2D eigenvalue weighted by Gasteiger charge is 2.10. The number of aromatic nitrogens is 2. The smallest absolute Gasteiger partial charge is 0.277 e. The second-order valence-corrected chi connectivity index (χ2v) is 7.55. The maximum atomic E-state index is 6.18. The number of hydrogen-bond donors (Lipinski definition) is 0. The summed E-state index contributed by atoms with van der Waals surface area (Å²) < 4.78 is 11.4. The second-order valence-electron chi connectivity index (χ2n) is 5.78. The fourth-order valence-electron chi connectivity index (χ4n) is 2.54. The third-order valence-electron chi connectivity index (χ3n) is 3.90. The van der Waals surface area contributed by atoms with Crippen molar-refractivity contribution in [2.75, 3.05) is 0 Å². The highest BCUT2D eigenvalue weighted by molar-refractivity contribution is 7.98. The number of nitrogens with zero attached hydrogens (tertiary/aromatic N) is 2. The van der Waals surface area contributed by atoms with Crippen LogP contribution < -0.4 is 4.74 Å². The molecular formula is C20H14Cl2N2O2S. The van der Waals surface area contributed by atoms with Gasteiger partial charge < -0.3 is 9.15 Å². The lowest BCUT2D eigenvalue weighted by Crippen LogP contribution is -1.95. The monoisotopic (exact) mass is 416 g/mol. The molecule has 27 heavy (non-hydrogen) atoms. The maximum Gasteiger partial charge on any atom is 0.277 e. The topological polar surface area (TPSA) is 48.2 Å². The molecule has 0 radical (unpaired) electrons. The summed E-state index contributed by atoms with van der Waals surface area (Å²) in [6.45, 7) is 0.216. The number of hydrogen-bond acceptors (Lipinski definition) is 5. The van der Waals surface area contributed by atoms with E-state index in [0.29, 0.717) is 26.9 Å². The fourth-order valence-corrected chi connectivity index (χ4v) is 3.87. The number of ether oxygens (including phenoxy) is 1. The molecule has 0 aliphatic carbocycles. The van der Waals surface area contributed by atoms with Crippen LogP contribution in [0.2, 0.25) is 10.0 Å². The van der Waals surface area contributed by atoms with Gasteiger partial charge in [0.05, 0.1) is 0 Å². The molecule has 4 rings (SSSR count). The lowest BCUT2D eigenvalue weighted by molar-refractivity contribution is 0.252. The highest BCUT2D eigenvalue weighted by Crippen LogP contribution is 2.28. The Balaban J connectivity index is 1.36. The number of rotatable bonds is 6. The predicted molar refractivity (Wildman–Crippen MR) is 109 cm³/mol. The summed E-state index contributed by atoms with van der Waals surface area (Å²) >= 11 is 13.5. The lowest BCUT2D eigenvalue weighted by Gasteiger charge is -2.05. The van der Waals surface area contributed by atoms with Gasteiger partial charge in [0, 0.05) is 15.8 Å². The summed E-state index contributed by atoms with van der Waals surface area (Å²) in [6.07, 6.45) is 0. The predicted octanol–water partition coefficient (Wildman–Crippen LogP) is 6.40. The lowest BCUT2D eigenvalue weighted by atomic mass is 10.1. The molecule has 0 aliphatic heterocycles. The zero-order chi connectivity index (χ0) is 18.6. The van der Waals surface area contributed by atoms with Crippen molar-refractivity contribution in [1.82, 2.24) is 10.2 Å². The molecule has 1 heterocycles. The van der Waals surface area contributed by atoms with Crippen LogP contribution in [0.1, 0.15) is 11.5 Å². The minimum absolute atomic E-state index is 0.216. The summed E-state index contributed by atoms with van der Waals surface area (Å²) in [5.74, 6) is 1.80. The molecule has 4 aromatic rings. The van der Waals surface area contributed by atoms with E-state index in [1.165, 1.54) is 17.1 Å². The van der Waals surface area contributed by atoms with Crippen LogP contribution >= 0.6 is 35.0 Å². The van der Waals surface area contributed by atoms with Crippen molar-refractivity contribution in [1.29, 1.82) is 0 Å². The summed E-state index contributed by atoms with van der Waals surface area (Å²) in [5, 5.41) is 12.1. The van der Waals surface area contributed by atoms with Gasteiger partial charge in [-0.3, -0.25) is 0 Å². The van der Waals surface area contributed by atoms with Gasteiger partial charge >= 0.3 is 0 Å². The van der Waals surface area contributed by atoms with Gasteiger partial charge in [0.25, 0.3) is 11.1 Å². The Kier molecular flexibility index (Phi) is 5.53. The van der Waals surface area contributed by atoms with Crippen molar-refractivity contribution in [2.45, 2.75) is 17.6 Å². The van der Waals surface area contributed by atoms with Crippen LogP contribution in [-0.2, 0) is 12.4 Å². The second kappa shape index (κ2) is 8.21. The molecule has 3 aromatic carbocycles. The average molecular weight is 417 g/mol. The molecule has 0 saturated carbocycles. The maximum absolute atomic E-state index is 6.18. The molecule has 0 aliphatic rings. The average Bonchev–Trinajstić information content (AvgIpc) is 3.13. The van der Waals surface area contributed by atoms with E-state index < -0.39 is 0 Å². The number of fused-ring (bicyclic) bond motifs is 1. The van der Waals surface area contributed by atoms with E-state index in [0.717, 1.165) is 16.7 Å². The van der Waals surface area contributed by atoms with Crippen LogP contribution in [0, 0.1) is 0 Å². The van der Waals surface area contributed by atoms with E-state index in [1.54, 1.807) is 12.1 Å². The molecule has 1 aromatic heterocycles. The summed E-state index contributed by atoms with van der Waals surface area (Å²) in [5.41, 5.74) is 0.957. The first-order valence-corrected chi connectivity index (χ1v) is 9.92. The van der Waals surface area contributed by atoms with Gasteiger partial charge in [-0.05, 0) is 40.6 Å². The van der Waals surface area contributed by atoms with Gasteiger partial charge in [0.1, 0.15) is 5.75 Å². The van der Waals surface area contributed by atoms with Crippen molar-refractivity contribution < 1.29 is 9.15 Å². The molecule has 0 saturated heterocycles. The molecule has 0 bridgehead atoms. The molecule has 0 atom stereocenters. The third kappa shape index (κ3) is 4.56. The molecular weight excluding hydrogens is 403 g/mol. The molecule has 0 spiro atoms. The van der Waals surface area contributed by atoms with Gasteiger partial charge in [0.2, 0.25) is 0 Å². The van der Waals surface area contributed by atoms with E-state index in [-0.39, 0.29) is 6.61 Å². The van der Waals surface area contributed by atoms with Gasteiger partial charge in [-0.1, -0.05) is 71.4 Å². The molecule has 4 nitrogen and oxygen atoms in total. The highest BCUT2D eigenvalue weighted by atomic mass is 35.5. The normalized spacial score (nSPS) is 11.0. The van der Waals surface area contributed by atoms with Gasteiger partial charge in [-0.15, -0.1) is 10.2 Å². The summed E-state index contributed by atoms with van der Waals surface area (Å²) in [7, 11) is 0. The standard InChI is InChI=1S/C20H14Cl2N2O2S/c21-16-7-5-15(18(22)10-16)12-27-20-24-23-19(26-20)11-25-17-8-6-13-3-1-2-4-14(13)9-17/h1-10H,11-12H2. The summed E-state index contributed by atoms with van der Waals surface area (Å²) in [6, 6.07) is 19.5. The molecule has 0 unspecified atom stereocenters. The largest absolute Gasteiger partial charge is 0.484 e. The number of thioether (sulfide) groups is 1. The van der Waals surface area contributed by atoms with Crippen molar-refractivity contribution in [3.8, 4) is 5.75 Å². The van der Waals surface area contributed by atoms with Crippen LogP contribution in [0.25, 0.3) is 10.8 Å². The van der Waals surface area contributed by atoms with Crippen LogP contribution in [0.5, 0.6) is 5.75 Å². The molecule has 0 fully saturated rings. The Morgan fingerprint density at radius 2 is 1.78 bits per heavy atom. The zero-order valence-electron chi connectivity index (χ0n) is 14.1. The van der Waals surface area contributed by atoms with Crippen molar-refractivity contribution >= 4 is 45.7 Å². The Hall–Kier alpha value is -2.21. The molecule has 0 N–H and O–H groups in total. The molecule has 136 valence electrons. The Bertz CT molecular complexity index is 1080. The van der Waals surface area contributed by atoms with Crippen molar-refractivity contribution in [3.63, 3.8) is 0 Å². The van der Waals surface area contributed by atoms with E-state index in [4.69, 9.17) is 32.4 Å². The Morgan fingerprint density at radius 1 is 0.926 bits per heavy atom. The third-order valence-corrected chi connectivity index (χ3v) is 5.35. The van der Waals surface area contributed by atoms with Crippen molar-refractivity contribution in [2.24, 2.45) is 0 Å². The molecule has 0 amide bonds. The van der Waals surface area contributed by atoms with Gasteiger partial charge in [0.15, 0.2) is 6.61 Å². The zero-order valence-corrected chi connectivity index (χ0v) is 16.4. The van der Waals surface area contributed by atoms with Gasteiger partial charge in [-0.25, -0.2) is 0 Å². The van der Waals surface area contributed by atoms with E-state index in [2.05, 4.69) is 16.3 Å². The summed E-state index contributed by atoms with van der Waals surface area (Å²) in [4.78, 5) is 0. The minimum atomic E-state index is 0.216. The quantitative estimate of drug-likeness (QED) is 0.340. The first-order chi connectivity index (χ1) is 13.2. The van der Waals surface area contributed by atoms with Gasteiger partial charge in [-0.2, -0.15) is 0 Å². The van der Waals surface area contributed by atoms with Crippen LogP contribution in [0.4, 0.5) is 0 Å². The Labute approximate surface area is 170 Å². The number of benzene rings is 3. The Morgan fingerprint density at radius 3 is 2.63 bits per heavy atom. The molecule has 7 heteroatoms. The first-order valence-electron chi connectivity index (χ1n) is 8.18.